The van der Waals surface area contributed by atoms with Gasteiger partial charge in [0.05, 0.1) is 13.2 Å². The molecule has 176 valence electrons. The van der Waals surface area contributed by atoms with Crippen LogP contribution in [0.4, 0.5) is 0 Å². The summed E-state index contributed by atoms with van der Waals surface area (Å²) in [4.78, 5) is 23.2. The van der Waals surface area contributed by atoms with E-state index in [1.807, 2.05) is 0 Å². The van der Waals surface area contributed by atoms with Crippen LogP contribution in [0.2, 0.25) is 0 Å². The summed E-state index contributed by atoms with van der Waals surface area (Å²) >= 11 is 0. The largest absolute Gasteiger partial charge is 0.462 e. The van der Waals surface area contributed by atoms with E-state index >= 15 is 0 Å². The van der Waals surface area contributed by atoms with Gasteiger partial charge in [-0.2, -0.15) is 0 Å². The highest BCUT2D eigenvalue weighted by molar-refractivity contribution is 5.69. The third-order valence-corrected chi connectivity index (χ3v) is 4.80. The molecule has 10 nitrogen and oxygen atoms in total. The summed E-state index contributed by atoms with van der Waals surface area (Å²) in [6.07, 6.45) is -1.73. The average Bonchev–Trinajstić information content (AvgIpc) is 2.71. The first-order chi connectivity index (χ1) is 14.3. The molecule has 1 rings (SSSR count). The van der Waals surface area contributed by atoms with Crippen LogP contribution in [0.3, 0.4) is 0 Å². The fourth-order valence-corrected chi connectivity index (χ4v) is 3.03. The number of carbonyl (C=O) groups excluding carboxylic acids is 2. The Balaban J connectivity index is 2.51. The number of esters is 2. The third-order valence-electron chi connectivity index (χ3n) is 4.80. The molecule has 10 heteroatoms. The summed E-state index contributed by atoms with van der Waals surface area (Å²) in [7, 11) is 0. The zero-order valence-electron chi connectivity index (χ0n) is 17.8. The Kier molecular flexibility index (Phi) is 13.1. The van der Waals surface area contributed by atoms with Crippen molar-refractivity contribution >= 4 is 11.9 Å². The van der Waals surface area contributed by atoms with Crippen LogP contribution in [0.25, 0.3) is 0 Å². The number of rotatable bonds is 14. The van der Waals surface area contributed by atoms with Gasteiger partial charge >= 0.3 is 11.9 Å². The van der Waals surface area contributed by atoms with Gasteiger partial charge in [0.15, 0.2) is 12.4 Å². The van der Waals surface area contributed by atoms with Crippen LogP contribution in [0, 0.1) is 0 Å². The van der Waals surface area contributed by atoms with Crippen LogP contribution < -0.4 is 0 Å². The molecule has 1 fully saturated rings. The number of unbranched alkanes of at least 4 members (excludes halogenated alkanes) is 5. The van der Waals surface area contributed by atoms with E-state index in [-0.39, 0.29) is 19.6 Å². The summed E-state index contributed by atoms with van der Waals surface area (Å²) in [6.45, 7) is 2.24. The van der Waals surface area contributed by atoms with E-state index in [9.17, 15) is 30.0 Å². The van der Waals surface area contributed by atoms with Gasteiger partial charge < -0.3 is 39.4 Å². The van der Waals surface area contributed by atoms with E-state index < -0.39 is 55.4 Å². The maximum Gasteiger partial charge on any atom is 0.306 e. The SMILES string of the molecule is CCCCCCCCC(=O)OC(COC(C)=O)COC1OC(CO)C(O)C(O)C1O. The Labute approximate surface area is 177 Å². The van der Waals surface area contributed by atoms with Crippen molar-refractivity contribution in [2.75, 3.05) is 19.8 Å². The number of hydrogen-bond donors (Lipinski definition) is 4. The second-order valence-corrected chi connectivity index (χ2v) is 7.46. The van der Waals surface area contributed by atoms with Crippen LogP contribution in [0.5, 0.6) is 0 Å². The van der Waals surface area contributed by atoms with E-state index in [1.165, 1.54) is 13.3 Å². The van der Waals surface area contributed by atoms with Crippen LogP contribution in [-0.4, -0.2) is 89.0 Å². The van der Waals surface area contributed by atoms with Crippen molar-refractivity contribution in [2.24, 2.45) is 0 Å². The zero-order valence-corrected chi connectivity index (χ0v) is 17.8. The Bertz CT molecular complexity index is 498. The molecule has 0 radical (unpaired) electrons. The molecule has 1 saturated heterocycles. The Morgan fingerprint density at radius 3 is 2.27 bits per heavy atom. The molecule has 6 unspecified atom stereocenters. The predicted molar refractivity (Wildman–Crippen MR) is 104 cm³/mol. The Morgan fingerprint density at radius 2 is 1.63 bits per heavy atom. The lowest BCUT2D eigenvalue weighted by Crippen LogP contribution is -2.59. The van der Waals surface area contributed by atoms with Crippen LogP contribution in [0.1, 0.15) is 58.8 Å². The molecule has 1 heterocycles. The van der Waals surface area contributed by atoms with Gasteiger partial charge in [0.25, 0.3) is 0 Å². The van der Waals surface area contributed by atoms with Gasteiger partial charge in [-0.3, -0.25) is 9.59 Å². The molecule has 0 aromatic carbocycles. The van der Waals surface area contributed by atoms with Crippen LogP contribution in [-0.2, 0) is 28.5 Å². The van der Waals surface area contributed by atoms with E-state index in [2.05, 4.69) is 6.92 Å². The van der Waals surface area contributed by atoms with Gasteiger partial charge in [0.1, 0.15) is 31.0 Å². The highest BCUT2D eigenvalue weighted by Crippen LogP contribution is 2.22. The number of aliphatic hydroxyl groups excluding tert-OH is 4. The standard InChI is InChI=1S/C20H36O10/c1-3-4-5-6-7-8-9-16(23)29-14(11-27-13(2)22)12-28-20-19(26)18(25)17(24)15(10-21)30-20/h14-15,17-21,24-26H,3-12H2,1-2H3. The van der Waals surface area contributed by atoms with Crippen molar-refractivity contribution < 1.29 is 49.0 Å². The van der Waals surface area contributed by atoms with Gasteiger partial charge in [0, 0.05) is 13.3 Å². The number of aliphatic hydroxyl groups is 4. The van der Waals surface area contributed by atoms with Crippen LogP contribution in [0.15, 0.2) is 0 Å². The van der Waals surface area contributed by atoms with Gasteiger partial charge in [-0.15, -0.1) is 0 Å². The van der Waals surface area contributed by atoms with Gasteiger partial charge in [0.2, 0.25) is 0 Å². The first-order valence-electron chi connectivity index (χ1n) is 10.5. The maximum atomic E-state index is 12.1. The number of carbonyl (C=O) groups is 2. The lowest BCUT2D eigenvalue weighted by Gasteiger charge is -2.39. The second-order valence-electron chi connectivity index (χ2n) is 7.46. The molecule has 0 aromatic rings. The van der Waals surface area contributed by atoms with Crippen molar-refractivity contribution in [3.05, 3.63) is 0 Å². The lowest BCUT2D eigenvalue weighted by atomic mass is 9.99. The molecule has 0 bridgehead atoms. The number of ether oxygens (including phenoxy) is 4. The monoisotopic (exact) mass is 436 g/mol. The van der Waals surface area contributed by atoms with E-state index in [0.29, 0.717) is 6.42 Å². The quantitative estimate of drug-likeness (QED) is 0.217. The predicted octanol–water partition coefficient (Wildman–Crippen LogP) is 0.0284. The fourth-order valence-electron chi connectivity index (χ4n) is 3.03. The van der Waals surface area contributed by atoms with Gasteiger partial charge in [-0.25, -0.2) is 0 Å². The molecule has 0 spiro atoms. The first-order valence-corrected chi connectivity index (χ1v) is 10.5. The van der Waals surface area contributed by atoms with E-state index in [4.69, 9.17) is 18.9 Å². The molecule has 30 heavy (non-hydrogen) atoms. The van der Waals surface area contributed by atoms with Gasteiger partial charge in [-0.1, -0.05) is 39.0 Å². The molecule has 0 aliphatic carbocycles. The minimum atomic E-state index is -1.58. The molecular formula is C20H36O10. The molecule has 6 atom stereocenters. The maximum absolute atomic E-state index is 12.1. The smallest absolute Gasteiger partial charge is 0.306 e. The second kappa shape index (κ2) is 14.7. The highest BCUT2D eigenvalue weighted by atomic mass is 16.7. The summed E-state index contributed by atoms with van der Waals surface area (Å²) in [6, 6.07) is 0. The minimum Gasteiger partial charge on any atom is -0.462 e. The molecule has 0 aromatic heterocycles. The lowest BCUT2D eigenvalue weighted by molar-refractivity contribution is -0.305. The normalized spacial score (nSPS) is 27.5. The molecule has 1 aliphatic heterocycles. The Hall–Kier alpha value is -1.30. The molecule has 4 N–H and O–H groups in total. The van der Waals surface area contributed by atoms with Crippen molar-refractivity contribution in [2.45, 2.75) is 95.6 Å². The molecular weight excluding hydrogens is 400 g/mol. The minimum absolute atomic E-state index is 0.225. The first kappa shape index (κ1) is 26.7. The van der Waals surface area contributed by atoms with Crippen molar-refractivity contribution in [3.8, 4) is 0 Å². The third kappa shape index (κ3) is 9.67. The van der Waals surface area contributed by atoms with E-state index in [1.54, 1.807) is 0 Å². The Morgan fingerprint density at radius 1 is 0.967 bits per heavy atom. The number of hydrogen-bond acceptors (Lipinski definition) is 10. The topological polar surface area (TPSA) is 152 Å². The fraction of sp³-hybridized carbons (Fsp3) is 0.900. The summed E-state index contributed by atoms with van der Waals surface area (Å²) in [5.74, 6) is -1.01. The van der Waals surface area contributed by atoms with Crippen molar-refractivity contribution in [1.29, 1.82) is 0 Å². The summed E-state index contributed by atoms with van der Waals surface area (Å²) < 4.78 is 20.8. The van der Waals surface area contributed by atoms with E-state index in [0.717, 1.165) is 25.7 Å². The molecule has 1 aliphatic rings. The zero-order chi connectivity index (χ0) is 22.5. The molecule has 0 amide bonds. The summed E-state index contributed by atoms with van der Waals surface area (Å²) in [5.41, 5.74) is 0. The van der Waals surface area contributed by atoms with Crippen molar-refractivity contribution in [3.63, 3.8) is 0 Å². The molecule has 0 saturated carbocycles. The highest BCUT2D eigenvalue weighted by Gasteiger charge is 2.44. The average molecular weight is 436 g/mol. The van der Waals surface area contributed by atoms with Crippen LogP contribution >= 0.6 is 0 Å². The summed E-state index contributed by atoms with van der Waals surface area (Å²) in [5, 5.41) is 38.8. The van der Waals surface area contributed by atoms with Crippen molar-refractivity contribution in [1.82, 2.24) is 0 Å². The van der Waals surface area contributed by atoms with Gasteiger partial charge in [-0.05, 0) is 6.42 Å².